The molecular formula is C13H19ClN2. The highest BCUT2D eigenvalue weighted by molar-refractivity contribution is 6.31. The van der Waals surface area contributed by atoms with Gasteiger partial charge in [-0.2, -0.15) is 0 Å². The normalized spacial score (nSPS) is 19.7. The second-order valence-corrected chi connectivity index (χ2v) is 4.88. The molecule has 0 saturated carbocycles. The zero-order chi connectivity index (χ0) is 11.5. The first kappa shape index (κ1) is 11.9. The Morgan fingerprint density at radius 1 is 1.31 bits per heavy atom. The van der Waals surface area contributed by atoms with Gasteiger partial charge in [0, 0.05) is 37.2 Å². The summed E-state index contributed by atoms with van der Waals surface area (Å²) in [7, 11) is 0. The molecule has 0 amide bonds. The van der Waals surface area contributed by atoms with Gasteiger partial charge in [0.1, 0.15) is 0 Å². The summed E-state index contributed by atoms with van der Waals surface area (Å²) in [5.41, 5.74) is 2.47. The van der Waals surface area contributed by atoms with E-state index in [1.54, 1.807) is 0 Å². The molecule has 0 spiro atoms. The fraction of sp³-hybridized carbons (Fsp3) is 0.538. The van der Waals surface area contributed by atoms with Crippen LogP contribution >= 0.6 is 11.6 Å². The summed E-state index contributed by atoms with van der Waals surface area (Å²) in [5, 5.41) is 4.25. The largest absolute Gasteiger partial charge is 0.314 e. The molecular weight excluding hydrogens is 220 g/mol. The van der Waals surface area contributed by atoms with Gasteiger partial charge in [0.15, 0.2) is 0 Å². The van der Waals surface area contributed by atoms with Crippen molar-refractivity contribution < 1.29 is 0 Å². The van der Waals surface area contributed by atoms with Crippen molar-refractivity contribution in [3.63, 3.8) is 0 Å². The van der Waals surface area contributed by atoms with Crippen LogP contribution in [0.1, 0.15) is 24.1 Å². The van der Waals surface area contributed by atoms with Crippen LogP contribution in [0, 0.1) is 6.92 Å². The van der Waals surface area contributed by atoms with Gasteiger partial charge in [-0.05, 0) is 31.0 Å². The van der Waals surface area contributed by atoms with Crippen LogP contribution in [0.2, 0.25) is 5.02 Å². The first-order valence-electron chi connectivity index (χ1n) is 5.89. The summed E-state index contributed by atoms with van der Waals surface area (Å²) >= 11 is 6.17. The molecule has 16 heavy (non-hydrogen) atoms. The van der Waals surface area contributed by atoms with Crippen molar-refractivity contribution in [3.05, 3.63) is 34.3 Å². The summed E-state index contributed by atoms with van der Waals surface area (Å²) in [5.74, 6) is 0. The van der Waals surface area contributed by atoms with E-state index in [1.165, 1.54) is 5.56 Å². The third kappa shape index (κ3) is 2.57. The first-order chi connectivity index (χ1) is 7.68. The number of rotatable bonds is 2. The van der Waals surface area contributed by atoms with Crippen molar-refractivity contribution in [1.82, 2.24) is 10.2 Å². The second kappa shape index (κ2) is 5.17. The fourth-order valence-electron chi connectivity index (χ4n) is 2.15. The molecule has 1 N–H and O–H groups in total. The Morgan fingerprint density at radius 3 is 2.62 bits per heavy atom. The molecule has 1 aromatic rings. The fourth-order valence-corrected chi connectivity index (χ4v) is 2.34. The lowest BCUT2D eigenvalue weighted by atomic mass is 10.0. The first-order valence-corrected chi connectivity index (χ1v) is 6.27. The highest BCUT2D eigenvalue weighted by Gasteiger charge is 2.18. The van der Waals surface area contributed by atoms with Gasteiger partial charge in [0.2, 0.25) is 0 Å². The van der Waals surface area contributed by atoms with Gasteiger partial charge >= 0.3 is 0 Å². The Hall–Kier alpha value is -0.570. The summed E-state index contributed by atoms with van der Waals surface area (Å²) in [6.07, 6.45) is 0. The van der Waals surface area contributed by atoms with Crippen molar-refractivity contribution >= 4 is 11.6 Å². The molecule has 1 aromatic carbocycles. The van der Waals surface area contributed by atoms with Gasteiger partial charge in [0.25, 0.3) is 0 Å². The molecule has 1 aliphatic rings. The van der Waals surface area contributed by atoms with Crippen LogP contribution in [0.5, 0.6) is 0 Å². The van der Waals surface area contributed by atoms with Crippen molar-refractivity contribution in [2.75, 3.05) is 26.2 Å². The van der Waals surface area contributed by atoms with Crippen molar-refractivity contribution in [1.29, 1.82) is 0 Å². The van der Waals surface area contributed by atoms with E-state index in [-0.39, 0.29) is 0 Å². The van der Waals surface area contributed by atoms with E-state index >= 15 is 0 Å². The lowest BCUT2D eigenvalue weighted by molar-refractivity contribution is 0.185. The predicted octanol–water partition coefficient (Wildman–Crippen LogP) is 2.61. The van der Waals surface area contributed by atoms with E-state index in [9.17, 15) is 0 Å². The van der Waals surface area contributed by atoms with E-state index in [2.05, 4.69) is 35.3 Å². The molecule has 2 nitrogen and oxygen atoms in total. The Kier molecular flexibility index (Phi) is 3.85. The van der Waals surface area contributed by atoms with Crippen LogP contribution in [-0.4, -0.2) is 31.1 Å². The maximum atomic E-state index is 6.17. The summed E-state index contributed by atoms with van der Waals surface area (Å²) in [4.78, 5) is 2.50. The molecule has 88 valence electrons. The number of halogens is 1. The van der Waals surface area contributed by atoms with Crippen LogP contribution in [0.15, 0.2) is 18.2 Å². The number of nitrogens with zero attached hydrogens (tertiary/aromatic N) is 1. The zero-order valence-corrected chi connectivity index (χ0v) is 10.7. The Bertz CT molecular complexity index is 359. The number of piperazine rings is 1. The Balaban J connectivity index is 2.12. The maximum absolute atomic E-state index is 6.17. The molecule has 0 aromatic heterocycles. The van der Waals surface area contributed by atoms with Crippen molar-refractivity contribution in [2.45, 2.75) is 19.9 Å². The maximum Gasteiger partial charge on any atom is 0.0438 e. The van der Waals surface area contributed by atoms with E-state index in [4.69, 9.17) is 11.6 Å². The van der Waals surface area contributed by atoms with Crippen LogP contribution in [0.25, 0.3) is 0 Å². The Morgan fingerprint density at radius 2 is 2.00 bits per heavy atom. The molecule has 3 heteroatoms. The average Bonchev–Trinajstić information content (AvgIpc) is 2.33. The van der Waals surface area contributed by atoms with E-state index in [0.29, 0.717) is 6.04 Å². The third-order valence-electron chi connectivity index (χ3n) is 3.38. The van der Waals surface area contributed by atoms with Crippen LogP contribution < -0.4 is 5.32 Å². The average molecular weight is 239 g/mol. The van der Waals surface area contributed by atoms with Gasteiger partial charge in [-0.25, -0.2) is 0 Å². The van der Waals surface area contributed by atoms with Gasteiger partial charge in [-0.3, -0.25) is 4.90 Å². The highest BCUT2D eigenvalue weighted by Crippen LogP contribution is 2.25. The zero-order valence-electron chi connectivity index (χ0n) is 9.96. The minimum atomic E-state index is 0.459. The number of hydrogen-bond donors (Lipinski definition) is 1. The van der Waals surface area contributed by atoms with Gasteiger partial charge in [-0.1, -0.05) is 23.7 Å². The monoisotopic (exact) mass is 238 g/mol. The second-order valence-electron chi connectivity index (χ2n) is 4.47. The lowest BCUT2D eigenvalue weighted by Crippen LogP contribution is -2.44. The summed E-state index contributed by atoms with van der Waals surface area (Å²) in [6, 6.07) is 6.86. The minimum absolute atomic E-state index is 0.459. The molecule has 1 heterocycles. The molecule has 1 unspecified atom stereocenters. The highest BCUT2D eigenvalue weighted by atomic mass is 35.5. The number of aryl methyl sites for hydroxylation is 1. The third-order valence-corrected chi connectivity index (χ3v) is 3.78. The quantitative estimate of drug-likeness (QED) is 0.852. The molecule has 0 radical (unpaired) electrons. The summed E-state index contributed by atoms with van der Waals surface area (Å²) < 4.78 is 0. The SMILES string of the molecule is Cc1ccc(C(C)N2CCNCC2)cc1Cl. The summed E-state index contributed by atoms with van der Waals surface area (Å²) in [6.45, 7) is 8.71. The smallest absolute Gasteiger partial charge is 0.0438 e. The molecule has 1 aliphatic heterocycles. The standard InChI is InChI=1S/C13H19ClN2/c1-10-3-4-12(9-13(10)14)11(2)16-7-5-15-6-8-16/h3-4,9,11,15H,5-8H2,1-2H3. The van der Waals surface area contributed by atoms with Crippen molar-refractivity contribution in [2.24, 2.45) is 0 Å². The molecule has 1 atom stereocenters. The molecule has 2 rings (SSSR count). The lowest BCUT2D eigenvalue weighted by Gasteiger charge is -2.33. The van der Waals surface area contributed by atoms with E-state index < -0.39 is 0 Å². The van der Waals surface area contributed by atoms with Crippen LogP contribution in [0.4, 0.5) is 0 Å². The van der Waals surface area contributed by atoms with E-state index in [1.807, 2.05) is 6.92 Å². The van der Waals surface area contributed by atoms with Crippen LogP contribution in [-0.2, 0) is 0 Å². The van der Waals surface area contributed by atoms with Crippen molar-refractivity contribution in [3.8, 4) is 0 Å². The Labute approximate surface area is 103 Å². The number of benzene rings is 1. The number of nitrogens with one attached hydrogen (secondary N) is 1. The topological polar surface area (TPSA) is 15.3 Å². The van der Waals surface area contributed by atoms with Gasteiger partial charge < -0.3 is 5.32 Å². The molecule has 0 bridgehead atoms. The predicted molar refractivity (Wildman–Crippen MR) is 69.0 cm³/mol. The molecule has 0 aliphatic carbocycles. The molecule has 1 saturated heterocycles. The van der Waals surface area contributed by atoms with Gasteiger partial charge in [-0.15, -0.1) is 0 Å². The van der Waals surface area contributed by atoms with E-state index in [0.717, 1.165) is 36.8 Å². The van der Waals surface area contributed by atoms with Gasteiger partial charge in [0.05, 0.1) is 0 Å². The number of hydrogen-bond acceptors (Lipinski definition) is 2. The minimum Gasteiger partial charge on any atom is -0.314 e. The molecule has 1 fully saturated rings. The van der Waals surface area contributed by atoms with Crippen LogP contribution in [0.3, 0.4) is 0 Å².